The van der Waals surface area contributed by atoms with Crippen molar-refractivity contribution < 1.29 is 14.4 Å². The van der Waals surface area contributed by atoms with Gasteiger partial charge in [-0.1, -0.05) is 5.16 Å². The van der Waals surface area contributed by atoms with Crippen LogP contribution in [-0.4, -0.2) is 54.4 Å². The molecule has 3 heterocycles. The van der Waals surface area contributed by atoms with Crippen LogP contribution in [0.25, 0.3) is 0 Å². The molecule has 7 heteroatoms. The number of hydrogen-bond donors (Lipinski definition) is 1. The van der Waals surface area contributed by atoms with Crippen LogP contribution in [-0.2, 0) is 9.63 Å². The molecule has 0 bridgehead atoms. The molecule has 122 valence electrons. The molecule has 1 aromatic heterocycles. The van der Waals surface area contributed by atoms with E-state index in [1.165, 1.54) is 12.8 Å². The predicted octanol–water partition coefficient (Wildman–Crippen LogP) is 1.13. The first-order valence-electron chi connectivity index (χ1n) is 7.99. The van der Waals surface area contributed by atoms with E-state index in [2.05, 4.69) is 20.4 Å². The van der Waals surface area contributed by atoms with E-state index >= 15 is 0 Å². The summed E-state index contributed by atoms with van der Waals surface area (Å²) in [4.78, 5) is 24.4. The highest BCUT2D eigenvalue weighted by Crippen LogP contribution is 2.34. The van der Waals surface area contributed by atoms with Crippen molar-refractivity contribution >= 4 is 17.3 Å². The van der Waals surface area contributed by atoms with Gasteiger partial charge in [-0.05, 0) is 18.8 Å². The highest BCUT2D eigenvalue weighted by molar-refractivity contribution is 6.44. The molecule has 3 aliphatic rings. The maximum Gasteiger partial charge on any atom is 0.273 e. The average molecular weight is 316 g/mol. The Labute approximate surface area is 134 Å². The number of pyridine rings is 1. The van der Waals surface area contributed by atoms with Crippen molar-refractivity contribution in [1.29, 1.82) is 0 Å². The fourth-order valence-electron chi connectivity index (χ4n) is 3.23. The van der Waals surface area contributed by atoms with Crippen LogP contribution in [0.3, 0.4) is 0 Å². The van der Waals surface area contributed by atoms with Crippen LogP contribution in [0.5, 0.6) is 5.75 Å². The van der Waals surface area contributed by atoms with E-state index < -0.39 is 0 Å². The SMILES string of the molecule is COc1cncc(NC(=O)C2=NO[C@@H]3CN(CC4CC4)C[C@H]23)c1. The maximum atomic E-state index is 12.5. The molecule has 0 radical (unpaired) electrons. The zero-order valence-electron chi connectivity index (χ0n) is 13.1. The average Bonchev–Trinajstić information content (AvgIpc) is 3.13. The van der Waals surface area contributed by atoms with Crippen LogP contribution < -0.4 is 10.1 Å². The van der Waals surface area contributed by atoms with Crippen molar-refractivity contribution in [3.05, 3.63) is 18.5 Å². The third kappa shape index (κ3) is 3.01. The molecule has 1 aromatic rings. The lowest BCUT2D eigenvalue weighted by atomic mass is 10.0. The van der Waals surface area contributed by atoms with E-state index in [1.54, 1.807) is 25.6 Å². The summed E-state index contributed by atoms with van der Waals surface area (Å²) in [5.41, 5.74) is 1.07. The summed E-state index contributed by atoms with van der Waals surface area (Å²) in [5.74, 6) is 1.28. The Morgan fingerprint density at radius 3 is 3.09 bits per heavy atom. The van der Waals surface area contributed by atoms with Crippen LogP contribution >= 0.6 is 0 Å². The number of rotatable bonds is 5. The minimum absolute atomic E-state index is 0.0120. The van der Waals surface area contributed by atoms with Gasteiger partial charge in [-0.3, -0.25) is 14.7 Å². The predicted molar refractivity (Wildman–Crippen MR) is 84.4 cm³/mol. The molecule has 23 heavy (non-hydrogen) atoms. The Bertz CT molecular complexity index is 644. The maximum absolute atomic E-state index is 12.5. The summed E-state index contributed by atoms with van der Waals surface area (Å²) < 4.78 is 5.11. The number of nitrogens with one attached hydrogen (secondary N) is 1. The molecule has 1 N–H and O–H groups in total. The quantitative estimate of drug-likeness (QED) is 0.881. The van der Waals surface area contributed by atoms with Gasteiger partial charge in [0.05, 0.1) is 31.1 Å². The number of methoxy groups -OCH3 is 1. The van der Waals surface area contributed by atoms with Gasteiger partial charge >= 0.3 is 0 Å². The molecular weight excluding hydrogens is 296 g/mol. The molecule has 1 amide bonds. The summed E-state index contributed by atoms with van der Waals surface area (Å²) in [6.07, 6.45) is 5.85. The second-order valence-electron chi connectivity index (χ2n) is 6.46. The number of nitrogens with zero attached hydrogens (tertiary/aromatic N) is 3. The van der Waals surface area contributed by atoms with Gasteiger partial charge in [0.2, 0.25) is 0 Å². The van der Waals surface area contributed by atoms with E-state index in [9.17, 15) is 4.79 Å². The van der Waals surface area contributed by atoms with E-state index in [0.29, 0.717) is 17.1 Å². The van der Waals surface area contributed by atoms with Gasteiger partial charge in [0, 0.05) is 25.7 Å². The first kappa shape index (κ1) is 14.4. The number of aromatic nitrogens is 1. The van der Waals surface area contributed by atoms with E-state index in [1.807, 2.05) is 0 Å². The fraction of sp³-hybridized carbons (Fsp3) is 0.562. The summed E-state index contributed by atoms with van der Waals surface area (Å²) >= 11 is 0. The first-order valence-corrected chi connectivity index (χ1v) is 7.99. The Morgan fingerprint density at radius 2 is 2.30 bits per heavy atom. The van der Waals surface area contributed by atoms with Crippen LogP contribution in [0.15, 0.2) is 23.6 Å². The van der Waals surface area contributed by atoms with Crippen LogP contribution in [0.4, 0.5) is 5.69 Å². The molecule has 4 rings (SSSR count). The van der Waals surface area contributed by atoms with Crippen molar-refractivity contribution in [3.8, 4) is 5.75 Å². The van der Waals surface area contributed by atoms with Crippen molar-refractivity contribution in [3.63, 3.8) is 0 Å². The standard InChI is InChI=1S/C16H20N4O3/c1-22-12-4-11(5-17-6-12)18-16(21)15-13-8-20(7-10-2-3-10)9-14(13)23-19-15/h4-6,10,13-14H,2-3,7-9H2,1H3,(H,18,21)/t13-,14+/m0/s1. The van der Waals surface area contributed by atoms with Gasteiger partial charge in [0.1, 0.15) is 11.9 Å². The van der Waals surface area contributed by atoms with Crippen molar-refractivity contribution in [2.24, 2.45) is 17.0 Å². The highest BCUT2D eigenvalue weighted by atomic mass is 16.6. The zero-order chi connectivity index (χ0) is 15.8. The zero-order valence-corrected chi connectivity index (χ0v) is 13.1. The molecule has 0 unspecified atom stereocenters. The molecular formula is C16H20N4O3. The largest absolute Gasteiger partial charge is 0.495 e. The van der Waals surface area contributed by atoms with Crippen LogP contribution in [0.1, 0.15) is 12.8 Å². The second-order valence-corrected chi connectivity index (χ2v) is 6.46. The van der Waals surface area contributed by atoms with Gasteiger partial charge in [-0.2, -0.15) is 0 Å². The van der Waals surface area contributed by atoms with Crippen molar-refractivity contribution in [1.82, 2.24) is 9.88 Å². The number of carbonyl (C=O) groups is 1. The lowest BCUT2D eigenvalue weighted by Gasteiger charge is -2.15. The summed E-state index contributed by atoms with van der Waals surface area (Å²) in [6.45, 7) is 2.83. The molecule has 1 saturated heterocycles. The highest BCUT2D eigenvalue weighted by Gasteiger charge is 2.45. The van der Waals surface area contributed by atoms with Crippen molar-refractivity contribution in [2.45, 2.75) is 18.9 Å². The number of amides is 1. The summed E-state index contributed by atoms with van der Waals surface area (Å²) in [6, 6.07) is 1.73. The molecule has 2 atom stereocenters. The molecule has 0 aromatic carbocycles. The minimum atomic E-state index is -0.221. The Morgan fingerprint density at radius 1 is 1.43 bits per heavy atom. The van der Waals surface area contributed by atoms with E-state index in [-0.39, 0.29) is 17.9 Å². The molecule has 2 fully saturated rings. The monoisotopic (exact) mass is 316 g/mol. The molecule has 1 aliphatic carbocycles. The minimum Gasteiger partial charge on any atom is -0.495 e. The van der Waals surface area contributed by atoms with Crippen LogP contribution in [0, 0.1) is 11.8 Å². The lowest BCUT2D eigenvalue weighted by molar-refractivity contribution is -0.110. The number of hydrogen-bond acceptors (Lipinski definition) is 6. The molecule has 0 spiro atoms. The van der Waals surface area contributed by atoms with E-state index in [4.69, 9.17) is 9.57 Å². The van der Waals surface area contributed by atoms with Gasteiger partial charge in [-0.25, -0.2) is 0 Å². The topological polar surface area (TPSA) is 76.0 Å². The Balaban J connectivity index is 1.40. The summed E-state index contributed by atoms with van der Waals surface area (Å²) in [5, 5.41) is 6.84. The number of carbonyl (C=O) groups excluding carboxylic acids is 1. The second kappa shape index (κ2) is 5.81. The lowest BCUT2D eigenvalue weighted by Crippen LogP contribution is -2.32. The number of ether oxygens (including phenoxy) is 1. The van der Waals surface area contributed by atoms with Gasteiger partial charge in [0.25, 0.3) is 5.91 Å². The summed E-state index contributed by atoms with van der Waals surface area (Å²) in [7, 11) is 1.56. The normalized spacial score (nSPS) is 26.4. The Kier molecular flexibility index (Phi) is 3.65. The van der Waals surface area contributed by atoms with E-state index in [0.717, 1.165) is 25.6 Å². The fourth-order valence-corrected chi connectivity index (χ4v) is 3.23. The van der Waals surface area contributed by atoms with Gasteiger partial charge in [0.15, 0.2) is 5.71 Å². The first-order chi connectivity index (χ1) is 11.2. The molecule has 7 nitrogen and oxygen atoms in total. The van der Waals surface area contributed by atoms with Crippen LogP contribution in [0.2, 0.25) is 0 Å². The van der Waals surface area contributed by atoms with Gasteiger partial charge < -0.3 is 14.9 Å². The molecule has 2 aliphatic heterocycles. The van der Waals surface area contributed by atoms with Gasteiger partial charge in [-0.15, -0.1) is 0 Å². The Hall–Kier alpha value is -2.15. The van der Waals surface area contributed by atoms with Crippen molar-refractivity contribution in [2.75, 3.05) is 32.1 Å². The number of oxime groups is 1. The number of fused-ring (bicyclic) bond motifs is 1. The number of anilines is 1. The third-order valence-corrected chi connectivity index (χ3v) is 4.63. The number of likely N-dealkylation sites (tertiary alicyclic amines) is 1. The molecule has 1 saturated carbocycles. The smallest absolute Gasteiger partial charge is 0.273 e. The third-order valence-electron chi connectivity index (χ3n) is 4.63.